The molecule has 0 spiro atoms. The van der Waals surface area contributed by atoms with E-state index in [0.29, 0.717) is 22.7 Å². The van der Waals surface area contributed by atoms with Gasteiger partial charge in [0.15, 0.2) is 5.78 Å². The molecule has 0 radical (unpaired) electrons. The molecule has 0 saturated heterocycles. The Balaban J connectivity index is 2.29. The quantitative estimate of drug-likeness (QED) is 0.641. The summed E-state index contributed by atoms with van der Waals surface area (Å²) < 4.78 is 10.1. The Morgan fingerprint density at radius 3 is 2.56 bits per heavy atom. The Labute approximate surface area is 145 Å². The summed E-state index contributed by atoms with van der Waals surface area (Å²) in [5, 5.41) is 0. The lowest BCUT2D eigenvalue weighted by molar-refractivity contribution is -0.131. The molecule has 0 aliphatic carbocycles. The van der Waals surface area contributed by atoms with Crippen molar-refractivity contribution in [2.75, 3.05) is 14.2 Å². The molecule has 0 fully saturated rings. The van der Waals surface area contributed by atoms with Crippen LogP contribution in [0.5, 0.6) is 0 Å². The number of hydrogen-bond acceptors (Lipinski definition) is 5. The number of amides is 1. The van der Waals surface area contributed by atoms with Gasteiger partial charge in [-0.15, -0.1) is 0 Å². The van der Waals surface area contributed by atoms with Crippen molar-refractivity contribution in [3.8, 4) is 0 Å². The highest BCUT2D eigenvalue weighted by Crippen LogP contribution is 2.23. The standard InChI is InChI=1S/C18H22N2O5/c1-10-16(18(23)24-5)13(19-17(10)12(3)21)9-15(22)20(4)11(2)14-7-6-8-25-14/h6-8,11,19H,9H2,1-5H3. The van der Waals surface area contributed by atoms with Crippen molar-refractivity contribution in [3.05, 3.63) is 46.7 Å². The predicted molar refractivity (Wildman–Crippen MR) is 90.5 cm³/mol. The predicted octanol–water partition coefficient (Wildman–Crippen LogP) is 2.67. The van der Waals surface area contributed by atoms with E-state index in [9.17, 15) is 14.4 Å². The van der Waals surface area contributed by atoms with Crippen LogP contribution in [-0.4, -0.2) is 41.7 Å². The molecule has 134 valence electrons. The van der Waals surface area contributed by atoms with Gasteiger partial charge in [-0.3, -0.25) is 9.59 Å². The van der Waals surface area contributed by atoms with Gasteiger partial charge in [-0.2, -0.15) is 0 Å². The summed E-state index contributed by atoms with van der Waals surface area (Å²) in [5.74, 6) is -0.342. The second-order valence-corrected chi connectivity index (χ2v) is 5.90. The minimum atomic E-state index is -0.578. The Kier molecular flexibility index (Phi) is 5.46. The summed E-state index contributed by atoms with van der Waals surface area (Å²) in [4.78, 5) is 40.9. The van der Waals surface area contributed by atoms with Crippen molar-refractivity contribution >= 4 is 17.7 Å². The van der Waals surface area contributed by atoms with E-state index in [4.69, 9.17) is 9.15 Å². The van der Waals surface area contributed by atoms with Crippen LogP contribution >= 0.6 is 0 Å². The van der Waals surface area contributed by atoms with Gasteiger partial charge in [-0.1, -0.05) is 0 Å². The number of aromatic amines is 1. The molecule has 0 aliphatic rings. The van der Waals surface area contributed by atoms with Crippen molar-refractivity contribution in [2.45, 2.75) is 33.2 Å². The maximum absolute atomic E-state index is 12.6. The summed E-state index contributed by atoms with van der Waals surface area (Å²) in [6, 6.07) is 3.29. The minimum absolute atomic E-state index is 0.0555. The highest BCUT2D eigenvalue weighted by atomic mass is 16.5. The zero-order valence-corrected chi connectivity index (χ0v) is 15.0. The number of esters is 1. The first-order valence-electron chi connectivity index (χ1n) is 7.87. The Hall–Kier alpha value is -2.83. The number of carbonyl (C=O) groups is 3. The number of carbonyl (C=O) groups excluding carboxylic acids is 3. The average Bonchev–Trinajstić information content (AvgIpc) is 3.21. The molecular formula is C18H22N2O5. The zero-order chi connectivity index (χ0) is 18.7. The number of methoxy groups -OCH3 is 1. The molecule has 2 rings (SSSR count). The van der Waals surface area contributed by atoms with Gasteiger partial charge in [0, 0.05) is 19.7 Å². The van der Waals surface area contributed by atoms with Crippen molar-refractivity contribution in [1.29, 1.82) is 0 Å². The molecular weight excluding hydrogens is 324 g/mol. The van der Waals surface area contributed by atoms with Crippen LogP contribution in [0, 0.1) is 6.92 Å². The van der Waals surface area contributed by atoms with Crippen LogP contribution in [0.4, 0.5) is 0 Å². The second kappa shape index (κ2) is 7.38. The lowest BCUT2D eigenvalue weighted by Crippen LogP contribution is -2.31. The van der Waals surface area contributed by atoms with Crippen LogP contribution in [0.2, 0.25) is 0 Å². The molecule has 0 aromatic carbocycles. The van der Waals surface area contributed by atoms with Crippen LogP contribution in [0.25, 0.3) is 0 Å². The highest BCUT2D eigenvalue weighted by Gasteiger charge is 2.26. The van der Waals surface area contributed by atoms with E-state index >= 15 is 0 Å². The van der Waals surface area contributed by atoms with E-state index in [2.05, 4.69) is 4.98 Å². The van der Waals surface area contributed by atoms with Crippen LogP contribution in [-0.2, 0) is 16.0 Å². The molecule has 2 heterocycles. The van der Waals surface area contributed by atoms with Crippen molar-refractivity contribution in [3.63, 3.8) is 0 Å². The number of nitrogens with zero attached hydrogens (tertiary/aromatic N) is 1. The molecule has 0 aliphatic heterocycles. The SMILES string of the molecule is COC(=O)c1c(CC(=O)N(C)C(C)c2ccco2)[nH]c(C(C)=O)c1C. The number of hydrogen-bond donors (Lipinski definition) is 1. The van der Waals surface area contributed by atoms with Crippen LogP contribution in [0.1, 0.15) is 57.8 Å². The number of Topliss-reactive ketones (excluding diaryl/α,β-unsaturated/α-hetero) is 1. The summed E-state index contributed by atoms with van der Waals surface area (Å²) in [5.41, 5.74) is 1.41. The molecule has 0 bridgehead atoms. The first kappa shape index (κ1) is 18.5. The maximum Gasteiger partial charge on any atom is 0.339 e. The molecule has 25 heavy (non-hydrogen) atoms. The third-order valence-corrected chi connectivity index (χ3v) is 4.33. The van der Waals surface area contributed by atoms with Crippen molar-refractivity contribution in [2.24, 2.45) is 0 Å². The first-order valence-corrected chi connectivity index (χ1v) is 7.87. The molecule has 1 N–H and O–H groups in total. The molecule has 1 unspecified atom stereocenters. The number of aromatic nitrogens is 1. The van der Waals surface area contributed by atoms with E-state index in [1.165, 1.54) is 18.9 Å². The summed E-state index contributed by atoms with van der Waals surface area (Å²) in [6.07, 6.45) is 1.49. The van der Waals surface area contributed by atoms with E-state index in [0.717, 1.165) is 0 Å². The molecule has 2 aromatic heterocycles. The fourth-order valence-electron chi connectivity index (χ4n) is 2.73. The van der Waals surface area contributed by atoms with Gasteiger partial charge in [0.25, 0.3) is 0 Å². The molecule has 7 heteroatoms. The van der Waals surface area contributed by atoms with Crippen LogP contribution < -0.4 is 0 Å². The fourth-order valence-corrected chi connectivity index (χ4v) is 2.73. The summed E-state index contributed by atoms with van der Waals surface area (Å²) in [7, 11) is 2.92. The third-order valence-electron chi connectivity index (χ3n) is 4.33. The Morgan fingerprint density at radius 1 is 1.36 bits per heavy atom. The van der Waals surface area contributed by atoms with Gasteiger partial charge < -0.3 is 19.0 Å². The number of likely N-dealkylation sites (N-methyl/N-ethyl adjacent to an activating group) is 1. The number of nitrogens with one attached hydrogen (secondary N) is 1. The fraction of sp³-hybridized carbons (Fsp3) is 0.389. The molecule has 7 nitrogen and oxygen atoms in total. The van der Waals surface area contributed by atoms with E-state index in [1.54, 1.807) is 32.4 Å². The average molecular weight is 346 g/mol. The van der Waals surface area contributed by atoms with Crippen molar-refractivity contribution in [1.82, 2.24) is 9.88 Å². The van der Waals surface area contributed by atoms with E-state index in [-0.39, 0.29) is 29.7 Å². The van der Waals surface area contributed by atoms with Crippen LogP contribution in [0.15, 0.2) is 22.8 Å². The summed E-state index contributed by atoms with van der Waals surface area (Å²) >= 11 is 0. The zero-order valence-electron chi connectivity index (χ0n) is 15.0. The first-order chi connectivity index (χ1) is 11.8. The van der Waals surface area contributed by atoms with E-state index in [1.807, 2.05) is 6.92 Å². The number of furan rings is 1. The van der Waals surface area contributed by atoms with Gasteiger partial charge in [-0.05, 0) is 31.5 Å². The van der Waals surface area contributed by atoms with Gasteiger partial charge in [0.1, 0.15) is 5.76 Å². The molecule has 0 saturated carbocycles. The minimum Gasteiger partial charge on any atom is -0.467 e. The molecule has 1 atom stereocenters. The lowest BCUT2D eigenvalue weighted by atomic mass is 10.1. The van der Waals surface area contributed by atoms with Gasteiger partial charge >= 0.3 is 5.97 Å². The Morgan fingerprint density at radius 2 is 2.04 bits per heavy atom. The van der Waals surface area contributed by atoms with Gasteiger partial charge in [0.2, 0.25) is 5.91 Å². The third kappa shape index (κ3) is 3.65. The Bertz CT molecular complexity index is 789. The monoisotopic (exact) mass is 346 g/mol. The van der Waals surface area contributed by atoms with Gasteiger partial charge in [-0.25, -0.2) is 4.79 Å². The van der Waals surface area contributed by atoms with Crippen molar-refractivity contribution < 1.29 is 23.5 Å². The largest absolute Gasteiger partial charge is 0.467 e. The number of H-pyrrole nitrogens is 1. The highest BCUT2D eigenvalue weighted by molar-refractivity contribution is 6.01. The summed E-state index contributed by atoms with van der Waals surface area (Å²) in [6.45, 7) is 4.90. The number of ketones is 1. The van der Waals surface area contributed by atoms with E-state index < -0.39 is 5.97 Å². The van der Waals surface area contributed by atoms with Gasteiger partial charge in [0.05, 0.1) is 37.1 Å². The topological polar surface area (TPSA) is 92.6 Å². The molecule has 2 aromatic rings. The second-order valence-electron chi connectivity index (χ2n) is 5.90. The smallest absolute Gasteiger partial charge is 0.339 e. The lowest BCUT2D eigenvalue weighted by Gasteiger charge is -2.23. The molecule has 1 amide bonds. The number of rotatable bonds is 6. The normalized spacial score (nSPS) is 11.9. The number of ether oxygens (including phenoxy) is 1. The van der Waals surface area contributed by atoms with Crippen LogP contribution in [0.3, 0.4) is 0 Å². The maximum atomic E-state index is 12.6.